The van der Waals surface area contributed by atoms with E-state index in [9.17, 15) is 13.2 Å². The van der Waals surface area contributed by atoms with Crippen LogP contribution in [-0.2, 0) is 16.4 Å². The summed E-state index contributed by atoms with van der Waals surface area (Å²) < 4.78 is 26.6. The molecule has 0 fully saturated rings. The van der Waals surface area contributed by atoms with Gasteiger partial charge in [0.25, 0.3) is 5.91 Å². The number of hydrogen-bond donors (Lipinski definition) is 3. The second-order valence-electron chi connectivity index (χ2n) is 6.54. The van der Waals surface area contributed by atoms with Crippen LogP contribution in [-0.4, -0.2) is 20.9 Å². The maximum absolute atomic E-state index is 12.6. The van der Waals surface area contributed by atoms with Gasteiger partial charge in [-0.2, -0.15) is 0 Å². The molecular weight excluding hydrogens is 362 g/mol. The van der Waals surface area contributed by atoms with Gasteiger partial charge in [-0.15, -0.1) is 6.58 Å². The molecule has 1 amide bonds. The molecule has 0 spiro atoms. The number of nitrogens with two attached hydrogens (primary N) is 1. The summed E-state index contributed by atoms with van der Waals surface area (Å²) in [4.78, 5) is 12.7. The minimum Gasteiger partial charge on any atom is -0.399 e. The number of anilines is 1. The van der Waals surface area contributed by atoms with Gasteiger partial charge in [0.05, 0.1) is 10.9 Å². The van der Waals surface area contributed by atoms with Crippen molar-refractivity contribution in [3.63, 3.8) is 0 Å². The fraction of sp³-hybridized carbons (Fsp3) is 0.250. The lowest BCUT2D eigenvalue weighted by Gasteiger charge is -2.26. The molecule has 4 N–H and O–H groups in total. The summed E-state index contributed by atoms with van der Waals surface area (Å²) in [5, 5.41) is 3.05. The molecule has 0 radical (unpaired) electrons. The summed E-state index contributed by atoms with van der Waals surface area (Å²) in [6, 6.07) is 11.6. The van der Waals surface area contributed by atoms with E-state index in [4.69, 9.17) is 5.73 Å². The van der Waals surface area contributed by atoms with Gasteiger partial charge in [0, 0.05) is 17.8 Å². The normalized spacial score (nSPS) is 16.4. The highest BCUT2D eigenvalue weighted by molar-refractivity contribution is 7.89. The number of carbonyl (C=O) groups excluding carboxylic acids is 1. The van der Waals surface area contributed by atoms with Crippen LogP contribution in [0.15, 0.2) is 60.0 Å². The van der Waals surface area contributed by atoms with Gasteiger partial charge in [0.2, 0.25) is 10.0 Å². The zero-order chi connectivity index (χ0) is 19.4. The quantitative estimate of drug-likeness (QED) is 0.525. The minimum atomic E-state index is -3.60. The molecule has 0 heterocycles. The van der Waals surface area contributed by atoms with Gasteiger partial charge < -0.3 is 11.1 Å². The smallest absolute Gasteiger partial charge is 0.251 e. The van der Waals surface area contributed by atoms with Crippen molar-refractivity contribution >= 4 is 21.6 Å². The van der Waals surface area contributed by atoms with Gasteiger partial charge in [0.15, 0.2) is 0 Å². The molecule has 0 bridgehead atoms. The monoisotopic (exact) mass is 385 g/mol. The van der Waals surface area contributed by atoms with Crippen LogP contribution in [0.5, 0.6) is 0 Å². The van der Waals surface area contributed by atoms with Gasteiger partial charge in [-0.3, -0.25) is 4.79 Å². The van der Waals surface area contributed by atoms with Crippen LogP contribution < -0.4 is 15.8 Å². The number of aryl methyl sites for hydroxylation is 1. The van der Waals surface area contributed by atoms with E-state index >= 15 is 0 Å². The Morgan fingerprint density at radius 2 is 1.96 bits per heavy atom. The maximum Gasteiger partial charge on any atom is 0.251 e. The average molecular weight is 385 g/mol. The fourth-order valence-corrected chi connectivity index (χ4v) is 4.26. The van der Waals surface area contributed by atoms with E-state index in [2.05, 4.69) is 16.6 Å². The van der Waals surface area contributed by atoms with Crippen LogP contribution >= 0.6 is 0 Å². The zero-order valence-corrected chi connectivity index (χ0v) is 15.8. The summed E-state index contributed by atoms with van der Waals surface area (Å²) in [5.41, 5.74) is 9.26. The first-order valence-electron chi connectivity index (χ1n) is 8.80. The Morgan fingerprint density at radius 3 is 2.67 bits per heavy atom. The molecule has 0 saturated heterocycles. The highest BCUT2D eigenvalue weighted by Crippen LogP contribution is 2.31. The van der Waals surface area contributed by atoms with Crippen LogP contribution in [0.25, 0.3) is 0 Å². The van der Waals surface area contributed by atoms with E-state index in [1.807, 2.05) is 18.2 Å². The van der Waals surface area contributed by atoms with E-state index in [0.717, 1.165) is 30.5 Å². The molecule has 1 aliphatic rings. The molecular formula is C20H23N3O3S. The van der Waals surface area contributed by atoms with Gasteiger partial charge in [-0.05, 0) is 66.8 Å². The Kier molecular flexibility index (Phi) is 5.62. The summed E-state index contributed by atoms with van der Waals surface area (Å²) in [6.07, 6.45) is 4.26. The lowest BCUT2D eigenvalue weighted by molar-refractivity contribution is 0.0932. The van der Waals surface area contributed by atoms with Crippen molar-refractivity contribution in [2.24, 2.45) is 0 Å². The molecule has 2 aromatic carbocycles. The molecule has 0 aromatic heterocycles. The lowest BCUT2D eigenvalue weighted by Crippen LogP contribution is -2.31. The van der Waals surface area contributed by atoms with Gasteiger partial charge in [-0.25, -0.2) is 13.1 Å². The summed E-state index contributed by atoms with van der Waals surface area (Å²) in [7, 11) is -3.60. The highest BCUT2D eigenvalue weighted by Gasteiger charge is 2.22. The Morgan fingerprint density at radius 1 is 1.22 bits per heavy atom. The van der Waals surface area contributed by atoms with Crippen LogP contribution in [0.2, 0.25) is 0 Å². The van der Waals surface area contributed by atoms with Crippen molar-refractivity contribution in [1.82, 2.24) is 10.0 Å². The molecule has 142 valence electrons. The van der Waals surface area contributed by atoms with Gasteiger partial charge >= 0.3 is 0 Å². The summed E-state index contributed by atoms with van der Waals surface area (Å²) >= 11 is 0. The third-order valence-corrected chi connectivity index (χ3v) is 6.07. The molecule has 6 nitrogen and oxygen atoms in total. The standard InChI is InChI=1S/C20H23N3O3S/c1-2-12-22-27(25,26)17-9-6-14(7-10-17)20(24)23-19-5-3-4-15-13-16(21)8-11-18(15)19/h2,6-11,13,19,22H,1,3-5,12,21H2,(H,23,24). The van der Waals surface area contributed by atoms with Gasteiger partial charge in [0.1, 0.15) is 0 Å². The molecule has 27 heavy (non-hydrogen) atoms. The van der Waals surface area contributed by atoms with Crippen molar-refractivity contribution in [3.05, 3.63) is 71.8 Å². The number of hydrogen-bond acceptors (Lipinski definition) is 4. The van der Waals surface area contributed by atoms with E-state index in [1.165, 1.54) is 35.9 Å². The van der Waals surface area contributed by atoms with Crippen molar-refractivity contribution in [3.8, 4) is 0 Å². The van der Waals surface area contributed by atoms with Crippen molar-refractivity contribution in [2.75, 3.05) is 12.3 Å². The number of amides is 1. The molecule has 1 aliphatic carbocycles. The summed E-state index contributed by atoms with van der Waals surface area (Å²) in [6.45, 7) is 3.63. The Bertz CT molecular complexity index is 953. The molecule has 7 heteroatoms. The van der Waals surface area contributed by atoms with E-state index in [0.29, 0.717) is 5.56 Å². The molecule has 0 saturated carbocycles. The SMILES string of the molecule is C=CCNS(=O)(=O)c1ccc(C(=O)NC2CCCc3cc(N)ccc32)cc1. The van der Waals surface area contributed by atoms with Crippen LogP contribution in [0.3, 0.4) is 0 Å². The Balaban J connectivity index is 1.73. The third-order valence-electron chi connectivity index (χ3n) is 4.63. The predicted molar refractivity (Wildman–Crippen MR) is 106 cm³/mol. The van der Waals surface area contributed by atoms with E-state index < -0.39 is 10.0 Å². The number of rotatable bonds is 6. The van der Waals surface area contributed by atoms with Crippen LogP contribution in [0.4, 0.5) is 5.69 Å². The number of nitrogens with one attached hydrogen (secondary N) is 2. The van der Waals surface area contributed by atoms with E-state index in [1.54, 1.807) is 0 Å². The number of benzene rings is 2. The van der Waals surface area contributed by atoms with Crippen molar-refractivity contribution in [1.29, 1.82) is 0 Å². The highest BCUT2D eigenvalue weighted by atomic mass is 32.2. The second kappa shape index (κ2) is 7.94. The van der Waals surface area contributed by atoms with Crippen LogP contribution in [0, 0.1) is 0 Å². The van der Waals surface area contributed by atoms with Gasteiger partial charge in [-0.1, -0.05) is 12.1 Å². The van der Waals surface area contributed by atoms with Crippen molar-refractivity contribution < 1.29 is 13.2 Å². The summed E-state index contributed by atoms with van der Waals surface area (Å²) in [5.74, 6) is -0.229. The Labute approximate surface area is 159 Å². The Hall–Kier alpha value is -2.64. The zero-order valence-electron chi connectivity index (χ0n) is 14.9. The average Bonchev–Trinajstić information content (AvgIpc) is 2.66. The lowest BCUT2D eigenvalue weighted by atomic mass is 9.87. The maximum atomic E-state index is 12.6. The number of carbonyl (C=O) groups is 1. The largest absolute Gasteiger partial charge is 0.399 e. The molecule has 1 unspecified atom stereocenters. The molecule has 3 rings (SSSR count). The second-order valence-corrected chi connectivity index (χ2v) is 8.31. The third kappa shape index (κ3) is 4.37. The first kappa shape index (κ1) is 19.1. The first-order valence-corrected chi connectivity index (χ1v) is 10.3. The van der Waals surface area contributed by atoms with E-state index in [-0.39, 0.29) is 23.4 Å². The number of fused-ring (bicyclic) bond motifs is 1. The molecule has 0 aliphatic heterocycles. The van der Waals surface area contributed by atoms with Crippen molar-refractivity contribution in [2.45, 2.75) is 30.2 Å². The number of sulfonamides is 1. The van der Waals surface area contributed by atoms with Crippen LogP contribution in [0.1, 0.15) is 40.4 Å². The molecule has 2 aromatic rings. The molecule has 1 atom stereocenters. The topological polar surface area (TPSA) is 101 Å². The fourth-order valence-electron chi connectivity index (χ4n) is 3.26. The minimum absolute atomic E-state index is 0.0699. The first-order chi connectivity index (χ1) is 12.9. The predicted octanol–water partition coefficient (Wildman–Crippen LogP) is 2.54. The number of nitrogen functional groups attached to an aromatic ring is 1.